The molecule has 0 aliphatic rings. The quantitative estimate of drug-likeness (QED) is 0.179. The number of rotatable bonds is 3. The van der Waals surface area contributed by atoms with Gasteiger partial charge < -0.3 is 4.57 Å². The van der Waals surface area contributed by atoms with Crippen molar-refractivity contribution in [3.8, 4) is 28.7 Å². The third-order valence-corrected chi connectivity index (χ3v) is 8.31. The molecule has 0 atom stereocenters. The summed E-state index contributed by atoms with van der Waals surface area (Å²) in [6.07, 6.45) is 1.02. The summed E-state index contributed by atoms with van der Waals surface area (Å²) in [5.74, 6) is 0.456. The molecule has 0 aliphatic carbocycles. The first-order valence-corrected chi connectivity index (χ1v) is 15.8. The van der Waals surface area contributed by atoms with Crippen LogP contribution in [0.4, 0.5) is 8.78 Å². The summed E-state index contributed by atoms with van der Waals surface area (Å²) in [4.78, 5) is 24.1. The monoisotopic (exact) mass is 657 g/mol. The molecule has 0 fully saturated rings. The van der Waals surface area contributed by atoms with Crippen LogP contribution in [0.15, 0.2) is 36.5 Å². The van der Waals surface area contributed by atoms with E-state index < -0.39 is 41.7 Å². The number of halogens is 2. The molecule has 10 heteroatoms. The summed E-state index contributed by atoms with van der Waals surface area (Å²) < 4.78 is 87.4. The Labute approximate surface area is 289 Å². The first-order valence-electron chi connectivity index (χ1n) is 18.8. The molecule has 2 aromatic carbocycles. The van der Waals surface area contributed by atoms with E-state index in [0.29, 0.717) is 22.8 Å². The average Bonchev–Trinajstić information content (AvgIpc) is 3.55. The van der Waals surface area contributed by atoms with Gasteiger partial charge in [-0.25, -0.2) is 37.9 Å². The third-order valence-electron chi connectivity index (χ3n) is 8.31. The molecule has 0 amide bonds. The van der Waals surface area contributed by atoms with Gasteiger partial charge in [0, 0.05) is 30.7 Å². The van der Waals surface area contributed by atoms with E-state index in [1.165, 1.54) is 34.9 Å². The topological polar surface area (TPSA) is 78.2 Å². The molecule has 250 valence electrons. The van der Waals surface area contributed by atoms with Crippen LogP contribution >= 0.6 is 0 Å². The van der Waals surface area contributed by atoms with Crippen LogP contribution in [0, 0.1) is 32.3 Å². The second kappa shape index (κ2) is 11.0. The SMILES string of the molecule is [2H]C([2H])([2H])c1cccc(C([2H])([2H])[2H])c1-n1c(-c2c(C)cc(F)c3c2nc(-c2nc(C(C)(C)C)nc(C(C)(C)C)n2)n3C(C)(C)C)[n+](C)c2ncc(F)cc21. The Morgan fingerprint density at radius 1 is 0.812 bits per heavy atom. The molecule has 8 nitrogen and oxygen atoms in total. The van der Waals surface area contributed by atoms with Crippen molar-refractivity contribution >= 4 is 22.2 Å². The van der Waals surface area contributed by atoms with E-state index in [1.807, 2.05) is 62.3 Å². The highest BCUT2D eigenvalue weighted by Gasteiger charge is 2.35. The van der Waals surface area contributed by atoms with Crippen molar-refractivity contribution in [1.82, 2.24) is 34.1 Å². The number of hydrogen-bond acceptors (Lipinski definition) is 5. The average molecular weight is 658 g/mol. The highest BCUT2D eigenvalue weighted by Crippen LogP contribution is 2.40. The smallest absolute Gasteiger partial charge is 0.302 e. The van der Waals surface area contributed by atoms with Crippen molar-refractivity contribution < 1.29 is 21.6 Å². The fourth-order valence-corrected chi connectivity index (χ4v) is 6.06. The molecule has 0 spiro atoms. The van der Waals surface area contributed by atoms with E-state index >= 15 is 8.78 Å². The lowest BCUT2D eigenvalue weighted by atomic mass is 9.93. The van der Waals surface area contributed by atoms with Crippen LogP contribution in [0.3, 0.4) is 0 Å². The highest BCUT2D eigenvalue weighted by atomic mass is 19.1. The van der Waals surface area contributed by atoms with Crippen molar-refractivity contribution in [3.63, 3.8) is 0 Å². The van der Waals surface area contributed by atoms with Crippen molar-refractivity contribution in [2.45, 2.75) is 99.3 Å². The van der Waals surface area contributed by atoms with Crippen LogP contribution in [-0.4, -0.2) is 34.1 Å². The summed E-state index contributed by atoms with van der Waals surface area (Å²) in [5.41, 5.74) is -1.11. The van der Waals surface area contributed by atoms with Crippen LogP contribution in [0.5, 0.6) is 0 Å². The second-order valence-corrected chi connectivity index (χ2v) is 15.4. The number of para-hydroxylation sites is 1. The number of benzene rings is 2. The molecular formula is C38H45F2N8+. The molecule has 0 bridgehead atoms. The van der Waals surface area contributed by atoms with E-state index in [1.54, 1.807) is 23.1 Å². The molecule has 6 rings (SSSR count). The van der Waals surface area contributed by atoms with Gasteiger partial charge in [-0.1, -0.05) is 59.7 Å². The minimum absolute atomic E-state index is 0.101. The third kappa shape index (κ3) is 5.35. The number of imidazole rings is 2. The number of pyridine rings is 1. The van der Waals surface area contributed by atoms with Crippen LogP contribution in [0.2, 0.25) is 0 Å². The predicted octanol–water partition coefficient (Wildman–Crippen LogP) is 8.27. The van der Waals surface area contributed by atoms with E-state index in [2.05, 4.69) is 4.98 Å². The van der Waals surface area contributed by atoms with Crippen molar-refractivity contribution in [2.24, 2.45) is 7.05 Å². The van der Waals surface area contributed by atoms with Gasteiger partial charge in [-0.15, -0.1) is 4.98 Å². The van der Waals surface area contributed by atoms with Gasteiger partial charge in [0.25, 0.3) is 0 Å². The van der Waals surface area contributed by atoms with E-state index in [9.17, 15) is 0 Å². The van der Waals surface area contributed by atoms with Crippen LogP contribution in [-0.2, 0) is 23.4 Å². The summed E-state index contributed by atoms with van der Waals surface area (Å²) in [7, 11) is 1.65. The van der Waals surface area contributed by atoms with Gasteiger partial charge in [-0.2, -0.15) is 0 Å². The first-order chi connectivity index (χ1) is 24.6. The minimum Gasteiger partial charge on any atom is -0.313 e. The van der Waals surface area contributed by atoms with Gasteiger partial charge in [0.05, 0.1) is 12.6 Å². The first kappa shape index (κ1) is 26.4. The van der Waals surface area contributed by atoms with Gasteiger partial charge in [0.1, 0.15) is 40.4 Å². The van der Waals surface area contributed by atoms with Crippen LogP contribution in [0.1, 0.15) is 98.9 Å². The molecule has 0 aliphatic heterocycles. The molecule has 48 heavy (non-hydrogen) atoms. The molecule has 4 heterocycles. The predicted molar refractivity (Wildman–Crippen MR) is 186 cm³/mol. The Kier molecular flexibility index (Phi) is 6.02. The molecule has 0 N–H and O–H groups in total. The van der Waals surface area contributed by atoms with Crippen molar-refractivity contribution in [3.05, 3.63) is 76.5 Å². The summed E-state index contributed by atoms with van der Waals surface area (Å²) in [6, 6.07) is 6.58. The van der Waals surface area contributed by atoms with E-state index in [4.69, 9.17) is 28.2 Å². The van der Waals surface area contributed by atoms with Crippen molar-refractivity contribution in [1.29, 1.82) is 0 Å². The van der Waals surface area contributed by atoms with Gasteiger partial charge in [-0.05, 0) is 64.2 Å². The Bertz CT molecular complexity index is 2410. The summed E-state index contributed by atoms with van der Waals surface area (Å²) in [5, 5.41) is 0. The Balaban J connectivity index is 1.87. The lowest BCUT2D eigenvalue weighted by Crippen LogP contribution is -2.31. The van der Waals surface area contributed by atoms with E-state index in [-0.39, 0.29) is 56.5 Å². The maximum Gasteiger partial charge on any atom is 0.302 e. The zero-order chi connectivity index (χ0) is 40.2. The molecule has 0 radical (unpaired) electrons. The zero-order valence-corrected chi connectivity index (χ0v) is 29.3. The fraction of sp³-hybridized carbons (Fsp3) is 0.421. The number of aromatic nitrogens is 8. The fourth-order valence-electron chi connectivity index (χ4n) is 6.06. The molecule has 0 saturated heterocycles. The minimum atomic E-state index is -2.79. The van der Waals surface area contributed by atoms with Crippen LogP contribution in [0.25, 0.3) is 50.9 Å². The molecular weight excluding hydrogens is 606 g/mol. The van der Waals surface area contributed by atoms with Gasteiger partial charge in [0.2, 0.25) is 5.82 Å². The maximum absolute atomic E-state index is 16.7. The number of hydrogen-bond donors (Lipinski definition) is 0. The van der Waals surface area contributed by atoms with E-state index in [0.717, 1.165) is 6.20 Å². The lowest BCUT2D eigenvalue weighted by molar-refractivity contribution is -0.635. The van der Waals surface area contributed by atoms with Gasteiger partial charge in [0.15, 0.2) is 23.0 Å². The largest absolute Gasteiger partial charge is 0.313 e. The number of aryl methyl sites for hydroxylation is 4. The Hall–Kier alpha value is -4.60. The summed E-state index contributed by atoms with van der Waals surface area (Å²) in [6.45, 7) is 13.8. The number of fused-ring (bicyclic) bond motifs is 2. The van der Waals surface area contributed by atoms with Crippen LogP contribution < -0.4 is 4.57 Å². The normalized spacial score (nSPS) is 15.3. The number of nitrogens with zero attached hydrogens (tertiary/aromatic N) is 8. The molecule has 4 aromatic heterocycles. The van der Waals surface area contributed by atoms with Gasteiger partial charge >= 0.3 is 5.65 Å². The Morgan fingerprint density at radius 3 is 1.96 bits per heavy atom. The molecule has 0 unspecified atom stereocenters. The summed E-state index contributed by atoms with van der Waals surface area (Å²) >= 11 is 0. The van der Waals surface area contributed by atoms with Crippen molar-refractivity contribution in [2.75, 3.05) is 0 Å². The second-order valence-electron chi connectivity index (χ2n) is 15.4. The lowest BCUT2D eigenvalue weighted by Gasteiger charge is -2.26. The molecule has 0 saturated carbocycles. The molecule has 6 aromatic rings. The Morgan fingerprint density at radius 2 is 1.42 bits per heavy atom. The zero-order valence-electron chi connectivity index (χ0n) is 35.3. The highest BCUT2D eigenvalue weighted by molar-refractivity contribution is 5.96. The maximum atomic E-state index is 16.7. The van der Waals surface area contributed by atoms with Gasteiger partial charge in [-0.3, -0.25) is 0 Å². The standard InChI is InChI=1S/C38H45F2N8/c1-20-15-14-16-21(2)28(20)47-25-18-23(39)19-41-31(25)46(13)33(47)26-22(3)17-24(40)29-27(26)42-32(48(29)38(10,11)12)30-43-34(36(4,5)6)45-35(44-30)37(7,8)9/h14-19H,1-13H3/q+1/i1D3,2D3.